The molecule has 24 heavy (non-hydrogen) atoms. The summed E-state index contributed by atoms with van der Waals surface area (Å²) in [7, 11) is 1.55. The fraction of sp³-hybridized carbons (Fsp3) is 0.158. The van der Waals surface area contributed by atoms with Crippen LogP contribution in [-0.4, -0.2) is 24.6 Å². The van der Waals surface area contributed by atoms with Gasteiger partial charge < -0.3 is 14.8 Å². The predicted octanol–water partition coefficient (Wildman–Crippen LogP) is 3.89. The summed E-state index contributed by atoms with van der Waals surface area (Å²) in [6, 6.07) is 16.5. The molecular weight excluding hydrogens is 304 g/mol. The highest BCUT2D eigenvalue weighted by molar-refractivity contribution is 6.04. The number of carbonyl (C=O) groups is 1. The van der Waals surface area contributed by atoms with Gasteiger partial charge in [-0.05, 0) is 43.3 Å². The first-order chi connectivity index (χ1) is 11.7. The summed E-state index contributed by atoms with van der Waals surface area (Å²) < 4.78 is 10.7. The van der Waals surface area contributed by atoms with Gasteiger partial charge >= 0.3 is 0 Å². The van der Waals surface area contributed by atoms with Crippen molar-refractivity contribution in [2.45, 2.75) is 6.92 Å². The van der Waals surface area contributed by atoms with Crippen molar-refractivity contribution in [1.29, 1.82) is 0 Å². The fourth-order valence-corrected chi connectivity index (χ4v) is 2.41. The van der Waals surface area contributed by atoms with Crippen molar-refractivity contribution in [3.63, 3.8) is 0 Å². The Kier molecular flexibility index (Phi) is 4.61. The second-order valence-electron chi connectivity index (χ2n) is 5.14. The molecule has 0 aliphatic heterocycles. The van der Waals surface area contributed by atoms with Crippen molar-refractivity contribution >= 4 is 22.6 Å². The first kappa shape index (κ1) is 15.8. The van der Waals surface area contributed by atoms with Crippen LogP contribution in [0.4, 0.5) is 5.82 Å². The van der Waals surface area contributed by atoms with E-state index in [0.29, 0.717) is 29.5 Å². The zero-order valence-electron chi connectivity index (χ0n) is 13.6. The van der Waals surface area contributed by atoms with Crippen LogP contribution in [0.3, 0.4) is 0 Å². The maximum atomic E-state index is 12.4. The first-order valence-corrected chi connectivity index (χ1v) is 7.69. The summed E-state index contributed by atoms with van der Waals surface area (Å²) in [6.07, 6.45) is 0. The van der Waals surface area contributed by atoms with Gasteiger partial charge in [-0.25, -0.2) is 4.98 Å². The molecule has 0 bridgehead atoms. The topological polar surface area (TPSA) is 60.5 Å². The Morgan fingerprint density at radius 2 is 1.92 bits per heavy atom. The Labute approximate surface area is 140 Å². The van der Waals surface area contributed by atoms with E-state index in [2.05, 4.69) is 10.3 Å². The number of amides is 1. The molecule has 0 saturated heterocycles. The highest BCUT2D eigenvalue weighted by Crippen LogP contribution is 2.28. The van der Waals surface area contributed by atoms with Gasteiger partial charge in [0.05, 0.1) is 19.2 Å². The summed E-state index contributed by atoms with van der Waals surface area (Å²) >= 11 is 0. The zero-order chi connectivity index (χ0) is 16.9. The maximum absolute atomic E-state index is 12.4. The molecule has 3 aromatic rings. The third-order valence-electron chi connectivity index (χ3n) is 3.57. The average molecular weight is 322 g/mol. The lowest BCUT2D eigenvalue weighted by atomic mass is 10.2. The van der Waals surface area contributed by atoms with Gasteiger partial charge in [-0.3, -0.25) is 4.79 Å². The Morgan fingerprint density at radius 1 is 1.08 bits per heavy atom. The SMILES string of the molecule is CCOc1ccc(C(=O)Nc2ccc3ccccc3n2)cc1OC. The van der Waals surface area contributed by atoms with Crippen molar-refractivity contribution in [3.05, 3.63) is 60.2 Å². The van der Waals surface area contributed by atoms with Gasteiger partial charge in [0.25, 0.3) is 5.91 Å². The third-order valence-corrected chi connectivity index (χ3v) is 3.57. The summed E-state index contributed by atoms with van der Waals surface area (Å²) in [6.45, 7) is 2.42. The van der Waals surface area contributed by atoms with Gasteiger partial charge in [0, 0.05) is 10.9 Å². The molecule has 1 N–H and O–H groups in total. The summed E-state index contributed by atoms with van der Waals surface area (Å²) in [4.78, 5) is 16.9. The Balaban J connectivity index is 1.83. The standard InChI is InChI=1S/C19H18N2O3/c1-3-24-16-10-8-14(12-17(16)23-2)19(22)21-18-11-9-13-6-4-5-7-15(13)20-18/h4-12H,3H2,1-2H3,(H,20,21,22). The molecule has 122 valence electrons. The predicted molar refractivity (Wildman–Crippen MR) is 93.9 cm³/mol. The van der Waals surface area contributed by atoms with Gasteiger partial charge in [0.2, 0.25) is 0 Å². The molecule has 0 saturated carbocycles. The van der Waals surface area contributed by atoms with Crippen LogP contribution in [0, 0.1) is 0 Å². The lowest BCUT2D eigenvalue weighted by Crippen LogP contribution is -2.13. The Hall–Kier alpha value is -3.08. The van der Waals surface area contributed by atoms with Gasteiger partial charge in [0.15, 0.2) is 11.5 Å². The van der Waals surface area contributed by atoms with Crippen LogP contribution in [0.1, 0.15) is 17.3 Å². The number of hydrogen-bond donors (Lipinski definition) is 1. The van der Waals surface area contributed by atoms with Gasteiger partial charge in [-0.15, -0.1) is 0 Å². The van der Waals surface area contributed by atoms with Crippen molar-refractivity contribution in [1.82, 2.24) is 4.98 Å². The number of methoxy groups -OCH3 is 1. The highest BCUT2D eigenvalue weighted by atomic mass is 16.5. The number of aromatic nitrogens is 1. The molecule has 0 radical (unpaired) electrons. The minimum atomic E-state index is -0.251. The number of carbonyl (C=O) groups excluding carboxylic acids is 1. The molecule has 0 spiro atoms. The van der Waals surface area contributed by atoms with Crippen LogP contribution in [0.25, 0.3) is 10.9 Å². The summed E-state index contributed by atoms with van der Waals surface area (Å²) in [5.41, 5.74) is 1.31. The average Bonchev–Trinajstić information content (AvgIpc) is 2.62. The molecule has 1 aromatic heterocycles. The second kappa shape index (κ2) is 7.00. The quantitative estimate of drug-likeness (QED) is 0.774. The highest BCUT2D eigenvalue weighted by Gasteiger charge is 2.12. The third kappa shape index (κ3) is 3.30. The molecule has 1 heterocycles. The largest absolute Gasteiger partial charge is 0.493 e. The van der Waals surface area contributed by atoms with Crippen molar-refractivity contribution < 1.29 is 14.3 Å². The molecule has 5 heteroatoms. The van der Waals surface area contributed by atoms with Crippen molar-refractivity contribution in [2.24, 2.45) is 0 Å². The number of benzene rings is 2. The monoisotopic (exact) mass is 322 g/mol. The number of hydrogen-bond acceptors (Lipinski definition) is 4. The summed E-state index contributed by atoms with van der Waals surface area (Å²) in [5.74, 6) is 1.39. The van der Waals surface area contributed by atoms with E-state index in [0.717, 1.165) is 10.9 Å². The maximum Gasteiger partial charge on any atom is 0.256 e. The number of pyridine rings is 1. The first-order valence-electron chi connectivity index (χ1n) is 7.69. The molecule has 2 aromatic carbocycles. The number of nitrogens with one attached hydrogen (secondary N) is 1. The van der Waals surface area contributed by atoms with Gasteiger partial charge in [-0.1, -0.05) is 18.2 Å². The van der Waals surface area contributed by atoms with E-state index in [1.54, 1.807) is 31.4 Å². The van der Waals surface area contributed by atoms with Crippen LogP contribution < -0.4 is 14.8 Å². The van der Waals surface area contributed by atoms with Crippen molar-refractivity contribution in [2.75, 3.05) is 19.0 Å². The van der Waals surface area contributed by atoms with Crippen LogP contribution in [0.5, 0.6) is 11.5 Å². The van der Waals surface area contributed by atoms with Crippen LogP contribution in [0.2, 0.25) is 0 Å². The molecule has 5 nitrogen and oxygen atoms in total. The van der Waals surface area contributed by atoms with Crippen LogP contribution >= 0.6 is 0 Å². The lowest BCUT2D eigenvalue weighted by molar-refractivity contribution is 0.102. The Morgan fingerprint density at radius 3 is 2.71 bits per heavy atom. The van der Waals surface area contributed by atoms with E-state index in [-0.39, 0.29) is 5.91 Å². The molecule has 1 amide bonds. The molecule has 0 fully saturated rings. The second-order valence-corrected chi connectivity index (χ2v) is 5.14. The number of anilines is 1. The molecular formula is C19H18N2O3. The molecule has 0 unspecified atom stereocenters. The number of para-hydroxylation sites is 1. The number of ether oxygens (including phenoxy) is 2. The Bertz CT molecular complexity index is 877. The van der Waals surface area contributed by atoms with Gasteiger partial charge in [-0.2, -0.15) is 0 Å². The van der Waals surface area contributed by atoms with E-state index >= 15 is 0 Å². The smallest absolute Gasteiger partial charge is 0.256 e. The van der Waals surface area contributed by atoms with Crippen molar-refractivity contribution in [3.8, 4) is 11.5 Å². The van der Waals surface area contributed by atoms with Gasteiger partial charge in [0.1, 0.15) is 5.82 Å². The van der Waals surface area contributed by atoms with Crippen LogP contribution in [0.15, 0.2) is 54.6 Å². The zero-order valence-corrected chi connectivity index (χ0v) is 13.6. The normalized spacial score (nSPS) is 10.4. The van der Waals surface area contributed by atoms with E-state index in [9.17, 15) is 4.79 Å². The van der Waals surface area contributed by atoms with E-state index in [1.165, 1.54) is 0 Å². The summed E-state index contributed by atoms with van der Waals surface area (Å²) in [5, 5.41) is 3.83. The van der Waals surface area contributed by atoms with E-state index < -0.39 is 0 Å². The van der Waals surface area contributed by atoms with E-state index in [1.807, 2.05) is 37.3 Å². The molecule has 3 rings (SSSR count). The van der Waals surface area contributed by atoms with Crippen LogP contribution in [-0.2, 0) is 0 Å². The number of rotatable bonds is 5. The molecule has 0 aliphatic rings. The minimum absolute atomic E-state index is 0.251. The minimum Gasteiger partial charge on any atom is -0.493 e. The number of nitrogens with zero attached hydrogens (tertiary/aromatic N) is 1. The van der Waals surface area contributed by atoms with E-state index in [4.69, 9.17) is 9.47 Å². The fourth-order valence-electron chi connectivity index (χ4n) is 2.41. The lowest BCUT2D eigenvalue weighted by Gasteiger charge is -2.11. The number of fused-ring (bicyclic) bond motifs is 1. The molecule has 0 atom stereocenters. The molecule has 0 aliphatic carbocycles.